The van der Waals surface area contributed by atoms with Crippen molar-refractivity contribution in [2.75, 3.05) is 13.1 Å². The molecule has 0 saturated carbocycles. The Hall–Kier alpha value is -1.68. The van der Waals surface area contributed by atoms with Crippen molar-refractivity contribution in [2.45, 2.75) is 44.9 Å². The summed E-state index contributed by atoms with van der Waals surface area (Å²) >= 11 is 0. The van der Waals surface area contributed by atoms with Gasteiger partial charge in [0.2, 0.25) is 11.7 Å². The normalized spacial score (nSPS) is 21.0. The summed E-state index contributed by atoms with van der Waals surface area (Å²) in [5.41, 5.74) is 4.03. The number of nitrogens with zero attached hydrogens (tertiary/aromatic N) is 2. The van der Waals surface area contributed by atoms with Gasteiger partial charge >= 0.3 is 0 Å². The first kappa shape index (κ1) is 13.9. The second kappa shape index (κ2) is 6.21. The number of nitrogens with one attached hydrogen (secondary N) is 1. The topological polar surface area (TPSA) is 51.0 Å². The van der Waals surface area contributed by atoms with E-state index in [9.17, 15) is 0 Å². The minimum Gasteiger partial charge on any atom is -0.339 e. The van der Waals surface area contributed by atoms with Crippen LogP contribution in [0.5, 0.6) is 0 Å². The Kier molecular flexibility index (Phi) is 3.94. The summed E-state index contributed by atoms with van der Waals surface area (Å²) in [6.07, 6.45) is 8.30. The fourth-order valence-electron chi connectivity index (χ4n) is 3.68. The number of hydrogen-bond donors (Lipinski definition) is 1. The first-order valence-electron chi connectivity index (χ1n) is 8.54. The molecule has 1 atom stereocenters. The molecule has 0 radical (unpaired) electrons. The van der Waals surface area contributed by atoms with Gasteiger partial charge in [-0.25, -0.2) is 0 Å². The lowest BCUT2D eigenvalue weighted by atomic mass is 9.95. The highest BCUT2D eigenvalue weighted by atomic mass is 16.5. The average molecular weight is 297 g/mol. The zero-order valence-corrected chi connectivity index (χ0v) is 13.0. The molecule has 0 bridgehead atoms. The predicted octanol–water partition coefficient (Wildman–Crippen LogP) is 3.16. The fourth-order valence-corrected chi connectivity index (χ4v) is 3.68. The van der Waals surface area contributed by atoms with E-state index >= 15 is 0 Å². The van der Waals surface area contributed by atoms with E-state index in [1.54, 1.807) is 0 Å². The Labute approximate surface area is 131 Å². The van der Waals surface area contributed by atoms with Crippen molar-refractivity contribution in [1.82, 2.24) is 15.5 Å². The standard InChI is InChI=1S/C18H23N3O/c1-4-14-7-8-16(11-15(14)5-1)18-20-17(22-21-18)9-6-13-3-2-10-19-12-13/h7-8,11,13,19H,1-6,9-10,12H2. The van der Waals surface area contributed by atoms with Crippen LogP contribution in [-0.2, 0) is 19.3 Å². The van der Waals surface area contributed by atoms with E-state index in [4.69, 9.17) is 4.52 Å². The summed E-state index contributed by atoms with van der Waals surface area (Å²) in [7, 11) is 0. The zero-order valence-electron chi connectivity index (χ0n) is 13.0. The third-order valence-corrected chi connectivity index (χ3v) is 4.99. The smallest absolute Gasteiger partial charge is 0.226 e. The number of piperidine rings is 1. The monoisotopic (exact) mass is 297 g/mol. The summed E-state index contributed by atoms with van der Waals surface area (Å²) in [6.45, 7) is 2.30. The maximum absolute atomic E-state index is 5.45. The quantitative estimate of drug-likeness (QED) is 0.942. The minimum atomic E-state index is 0.742. The van der Waals surface area contributed by atoms with E-state index in [-0.39, 0.29) is 0 Å². The van der Waals surface area contributed by atoms with Crippen LogP contribution in [0.15, 0.2) is 22.7 Å². The van der Waals surface area contributed by atoms with Crippen molar-refractivity contribution in [3.63, 3.8) is 0 Å². The number of aromatic nitrogens is 2. The number of fused-ring (bicyclic) bond motifs is 1. The molecule has 1 fully saturated rings. The van der Waals surface area contributed by atoms with Crippen LogP contribution in [0.25, 0.3) is 11.4 Å². The summed E-state index contributed by atoms with van der Waals surface area (Å²) in [5, 5.41) is 7.63. The molecule has 116 valence electrons. The van der Waals surface area contributed by atoms with Gasteiger partial charge in [-0.1, -0.05) is 17.3 Å². The Balaban J connectivity index is 1.42. The second-order valence-corrected chi connectivity index (χ2v) is 6.60. The summed E-state index contributed by atoms with van der Waals surface area (Å²) in [6, 6.07) is 6.59. The number of hydrogen-bond acceptors (Lipinski definition) is 4. The second-order valence-electron chi connectivity index (χ2n) is 6.60. The first-order valence-corrected chi connectivity index (χ1v) is 8.54. The van der Waals surface area contributed by atoms with Gasteiger partial charge in [0.1, 0.15) is 0 Å². The molecule has 2 aliphatic rings. The largest absolute Gasteiger partial charge is 0.339 e. The van der Waals surface area contributed by atoms with Crippen molar-refractivity contribution in [1.29, 1.82) is 0 Å². The molecule has 1 unspecified atom stereocenters. The minimum absolute atomic E-state index is 0.742. The van der Waals surface area contributed by atoms with E-state index in [1.165, 1.54) is 49.8 Å². The first-order chi connectivity index (χ1) is 10.9. The van der Waals surface area contributed by atoms with Crippen LogP contribution in [0.4, 0.5) is 0 Å². The van der Waals surface area contributed by atoms with E-state index in [2.05, 4.69) is 33.7 Å². The highest BCUT2D eigenvalue weighted by Gasteiger charge is 2.17. The van der Waals surface area contributed by atoms with Gasteiger partial charge in [0.05, 0.1) is 0 Å². The summed E-state index contributed by atoms with van der Waals surface area (Å²) in [4.78, 5) is 4.59. The SMILES string of the molecule is c1cc2c(cc1-c1noc(CCC3CCCNC3)n1)CCC2. The van der Waals surface area contributed by atoms with Crippen molar-refractivity contribution in [3.05, 3.63) is 35.2 Å². The zero-order chi connectivity index (χ0) is 14.8. The molecule has 1 aromatic heterocycles. The Bertz CT molecular complexity index is 644. The van der Waals surface area contributed by atoms with Gasteiger partial charge in [-0.2, -0.15) is 4.98 Å². The molecular formula is C18H23N3O. The van der Waals surface area contributed by atoms with Crippen LogP contribution in [0.2, 0.25) is 0 Å². The molecule has 1 aliphatic carbocycles. The van der Waals surface area contributed by atoms with Crippen LogP contribution in [0.3, 0.4) is 0 Å². The Morgan fingerprint density at radius 3 is 3.05 bits per heavy atom. The number of aryl methyl sites for hydroxylation is 3. The molecule has 0 spiro atoms. The maximum atomic E-state index is 5.45. The molecule has 4 nitrogen and oxygen atoms in total. The lowest BCUT2D eigenvalue weighted by Crippen LogP contribution is -2.29. The molecule has 1 saturated heterocycles. The molecule has 0 amide bonds. The van der Waals surface area contributed by atoms with Crippen LogP contribution in [-0.4, -0.2) is 23.2 Å². The van der Waals surface area contributed by atoms with Gasteiger partial charge in [-0.3, -0.25) is 0 Å². The van der Waals surface area contributed by atoms with Gasteiger partial charge in [0, 0.05) is 12.0 Å². The lowest BCUT2D eigenvalue weighted by Gasteiger charge is -2.21. The lowest BCUT2D eigenvalue weighted by molar-refractivity contribution is 0.327. The number of benzene rings is 1. The molecule has 1 aromatic carbocycles. The highest BCUT2D eigenvalue weighted by molar-refractivity contribution is 5.57. The number of rotatable bonds is 4. The van der Waals surface area contributed by atoms with Gasteiger partial charge in [-0.15, -0.1) is 0 Å². The molecule has 2 heterocycles. The summed E-state index contributed by atoms with van der Waals surface area (Å²) < 4.78 is 5.45. The van der Waals surface area contributed by atoms with Gasteiger partial charge in [-0.05, 0) is 74.7 Å². The van der Waals surface area contributed by atoms with E-state index in [0.29, 0.717) is 0 Å². The van der Waals surface area contributed by atoms with Crippen LogP contribution in [0.1, 0.15) is 42.7 Å². The molecule has 1 N–H and O–H groups in total. The van der Waals surface area contributed by atoms with E-state index in [0.717, 1.165) is 42.6 Å². The predicted molar refractivity (Wildman–Crippen MR) is 85.7 cm³/mol. The van der Waals surface area contributed by atoms with Crippen LogP contribution in [0, 0.1) is 5.92 Å². The molecule has 4 rings (SSSR count). The Morgan fingerprint density at radius 1 is 1.18 bits per heavy atom. The van der Waals surface area contributed by atoms with Crippen molar-refractivity contribution >= 4 is 0 Å². The third-order valence-electron chi connectivity index (χ3n) is 4.99. The molecule has 1 aliphatic heterocycles. The summed E-state index contributed by atoms with van der Waals surface area (Å²) in [5.74, 6) is 2.27. The molecule has 22 heavy (non-hydrogen) atoms. The van der Waals surface area contributed by atoms with Crippen molar-refractivity contribution in [2.24, 2.45) is 5.92 Å². The van der Waals surface area contributed by atoms with Gasteiger partial charge < -0.3 is 9.84 Å². The van der Waals surface area contributed by atoms with E-state index in [1.807, 2.05) is 0 Å². The van der Waals surface area contributed by atoms with Crippen molar-refractivity contribution < 1.29 is 4.52 Å². The van der Waals surface area contributed by atoms with Crippen LogP contribution < -0.4 is 5.32 Å². The fraction of sp³-hybridized carbons (Fsp3) is 0.556. The van der Waals surface area contributed by atoms with Crippen molar-refractivity contribution in [3.8, 4) is 11.4 Å². The molecular weight excluding hydrogens is 274 g/mol. The maximum Gasteiger partial charge on any atom is 0.226 e. The van der Waals surface area contributed by atoms with E-state index < -0.39 is 0 Å². The average Bonchev–Trinajstić information content (AvgIpc) is 3.22. The highest BCUT2D eigenvalue weighted by Crippen LogP contribution is 2.27. The Morgan fingerprint density at radius 2 is 2.14 bits per heavy atom. The van der Waals surface area contributed by atoms with Gasteiger partial charge in [0.25, 0.3) is 0 Å². The van der Waals surface area contributed by atoms with Gasteiger partial charge in [0.15, 0.2) is 0 Å². The molecule has 4 heteroatoms. The van der Waals surface area contributed by atoms with Crippen LogP contribution >= 0.6 is 0 Å². The third kappa shape index (κ3) is 2.93. The molecule has 2 aromatic rings.